The normalized spacial score (nSPS) is 14.1. The van der Waals surface area contributed by atoms with E-state index in [4.69, 9.17) is 4.74 Å². The van der Waals surface area contributed by atoms with Crippen LogP contribution in [0.3, 0.4) is 0 Å². The number of aryl methyl sites for hydroxylation is 1. The zero-order valence-corrected chi connectivity index (χ0v) is 12.1. The van der Waals surface area contributed by atoms with Gasteiger partial charge >= 0.3 is 5.97 Å². The maximum Gasteiger partial charge on any atom is 0.343 e. The lowest BCUT2D eigenvalue weighted by Crippen LogP contribution is -2.22. The van der Waals surface area contributed by atoms with Gasteiger partial charge in [0.15, 0.2) is 0 Å². The minimum absolute atomic E-state index is 0.0432. The largest absolute Gasteiger partial charge is 0.462 e. The summed E-state index contributed by atoms with van der Waals surface area (Å²) in [5, 5.41) is 0. The molecule has 19 heavy (non-hydrogen) atoms. The fourth-order valence-electron chi connectivity index (χ4n) is 1.90. The Balaban J connectivity index is 2.51. The molecule has 0 fully saturated rings. The van der Waals surface area contributed by atoms with Gasteiger partial charge in [-0.3, -0.25) is 4.79 Å². The Morgan fingerprint density at radius 3 is 3.05 bits per heavy atom. The second-order valence-electron chi connectivity index (χ2n) is 4.14. The molecule has 0 spiro atoms. The monoisotopic (exact) mass is 323 g/mol. The number of nitrogens with one attached hydrogen (secondary N) is 1. The molecule has 0 bridgehead atoms. The van der Waals surface area contributed by atoms with Gasteiger partial charge in [0.2, 0.25) is 0 Å². The number of aromatic nitrogens is 1. The van der Waals surface area contributed by atoms with Crippen LogP contribution < -0.4 is 5.56 Å². The molecular weight excluding hydrogens is 310 g/mol. The van der Waals surface area contributed by atoms with Crippen molar-refractivity contribution in [2.45, 2.75) is 19.8 Å². The number of H-pyrrole nitrogens is 1. The number of aromatic amines is 1. The van der Waals surface area contributed by atoms with E-state index in [1.807, 2.05) is 18.2 Å². The van der Waals surface area contributed by atoms with Gasteiger partial charge in [0.05, 0.1) is 6.61 Å². The van der Waals surface area contributed by atoms with E-state index in [1.165, 1.54) is 0 Å². The maximum absolute atomic E-state index is 11.9. The van der Waals surface area contributed by atoms with Crippen LogP contribution in [0.15, 0.2) is 27.5 Å². The summed E-state index contributed by atoms with van der Waals surface area (Å²) in [6, 6.07) is 1.59. The molecule has 0 saturated carbocycles. The van der Waals surface area contributed by atoms with E-state index in [9.17, 15) is 9.59 Å². The molecular formula is C14H14BrNO3. The van der Waals surface area contributed by atoms with Crippen LogP contribution in [-0.4, -0.2) is 17.6 Å². The molecule has 0 atom stereocenters. The first-order valence-electron chi connectivity index (χ1n) is 6.09. The number of halogens is 1. The Morgan fingerprint density at radius 2 is 2.32 bits per heavy atom. The predicted molar refractivity (Wildman–Crippen MR) is 77.4 cm³/mol. The van der Waals surface area contributed by atoms with E-state index in [0.29, 0.717) is 0 Å². The van der Waals surface area contributed by atoms with Gasteiger partial charge in [0.1, 0.15) is 5.56 Å². The molecule has 0 aromatic carbocycles. The average molecular weight is 324 g/mol. The van der Waals surface area contributed by atoms with Crippen LogP contribution in [-0.2, 0) is 11.2 Å². The number of fused-ring (bicyclic) bond motifs is 1. The van der Waals surface area contributed by atoms with Crippen molar-refractivity contribution in [3.63, 3.8) is 0 Å². The fourth-order valence-corrected chi connectivity index (χ4v) is 2.33. The van der Waals surface area contributed by atoms with Gasteiger partial charge in [-0.2, -0.15) is 0 Å². The molecule has 0 aliphatic heterocycles. The summed E-state index contributed by atoms with van der Waals surface area (Å²) < 4.78 is 5.78. The fraction of sp³-hybridized carbons (Fsp3) is 0.286. The van der Waals surface area contributed by atoms with Crippen molar-refractivity contribution in [3.8, 4) is 0 Å². The van der Waals surface area contributed by atoms with Crippen molar-refractivity contribution in [1.82, 2.24) is 4.98 Å². The van der Waals surface area contributed by atoms with Crippen molar-refractivity contribution in [3.05, 3.63) is 49.9 Å². The molecule has 1 heterocycles. The maximum atomic E-state index is 11.9. The van der Waals surface area contributed by atoms with Crippen LogP contribution in [0.4, 0.5) is 0 Å². The van der Waals surface area contributed by atoms with Crippen molar-refractivity contribution in [2.75, 3.05) is 6.61 Å². The SMILES string of the molecule is CCOC(=O)c1cc2c([nH]c1=O)CCC=CC(Br)=C2. The summed E-state index contributed by atoms with van der Waals surface area (Å²) in [5.74, 6) is -0.589. The minimum Gasteiger partial charge on any atom is -0.462 e. The summed E-state index contributed by atoms with van der Waals surface area (Å²) in [5.41, 5.74) is 1.31. The Kier molecular flexibility index (Phi) is 4.37. The first-order chi connectivity index (χ1) is 9.11. The van der Waals surface area contributed by atoms with Crippen molar-refractivity contribution < 1.29 is 9.53 Å². The summed E-state index contributed by atoms with van der Waals surface area (Å²) in [6.07, 6.45) is 7.44. The number of ether oxygens (including phenoxy) is 1. The van der Waals surface area contributed by atoms with Crippen LogP contribution >= 0.6 is 15.9 Å². The Labute approximate surface area is 119 Å². The standard InChI is InChI=1S/C14H14BrNO3/c1-2-19-14(18)11-8-9-7-10(15)5-3-4-6-12(9)16-13(11)17/h3,5,7-8H,2,4,6H2,1H3,(H,16,17). The van der Waals surface area contributed by atoms with E-state index in [-0.39, 0.29) is 12.2 Å². The highest BCUT2D eigenvalue weighted by Gasteiger charge is 2.15. The zero-order chi connectivity index (χ0) is 13.8. The number of carbonyl (C=O) groups excluding carboxylic acids is 1. The smallest absolute Gasteiger partial charge is 0.343 e. The molecule has 4 nitrogen and oxygen atoms in total. The van der Waals surface area contributed by atoms with Crippen LogP contribution in [0.1, 0.15) is 35.0 Å². The summed E-state index contributed by atoms with van der Waals surface area (Å²) >= 11 is 3.42. The molecule has 2 rings (SSSR count). The first-order valence-corrected chi connectivity index (χ1v) is 6.88. The zero-order valence-electron chi connectivity index (χ0n) is 10.5. The average Bonchev–Trinajstić information content (AvgIpc) is 2.35. The molecule has 100 valence electrons. The number of hydrogen-bond acceptors (Lipinski definition) is 3. The predicted octanol–water partition coefficient (Wildman–Crippen LogP) is 2.79. The summed E-state index contributed by atoms with van der Waals surface area (Å²) in [6.45, 7) is 1.96. The van der Waals surface area contributed by atoms with Gasteiger partial charge in [0.25, 0.3) is 5.56 Å². The highest BCUT2D eigenvalue weighted by Crippen LogP contribution is 2.20. The molecule has 1 aliphatic carbocycles. The van der Waals surface area contributed by atoms with Crippen molar-refractivity contribution >= 4 is 28.0 Å². The molecule has 0 unspecified atom stereocenters. The number of carbonyl (C=O) groups is 1. The Hall–Kier alpha value is -1.62. The molecule has 1 aromatic rings. The second kappa shape index (κ2) is 6.02. The van der Waals surface area contributed by atoms with E-state index in [2.05, 4.69) is 20.9 Å². The van der Waals surface area contributed by atoms with E-state index < -0.39 is 11.5 Å². The topological polar surface area (TPSA) is 59.2 Å². The quantitative estimate of drug-likeness (QED) is 0.851. The summed E-state index contributed by atoms with van der Waals surface area (Å²) in [7, 11) is 0. The van der Waals surface area contributed by atoms with Crippen molar-refractivity contribution in [1.29, 1.82) is 0 Å². The molecule has 0 amide bonds. The van der Waals surface area contributed by atoms with Crippen molar-refractivity contribution in [2.24, 2.45) is 0 Å². The van der Waals surface area contributed by atoms with Gasteiger partial charge < -0.3 is 9.72 Å². The lowest BCUT2D eigenvalue weighted by Gasteiger charge is -2.10. The highest BCUT2D eigenvalue weighted by atomic mass is 79.9. The lowest BCUT2D eigenvalue weighted by atomic mass is 10.0. The van der Waals surface area contributed by atoms with Gasteiger partial charge in [0, 0.05) is 10.2 Å². The Morgan fingerprint density at radius 1 is 1.53 bits per heavy atom. The van der Waals surface area contributed by atoms with Crippen LogP contribution in [0, 0.1) is 0 Å². The number of pyridine rings is 1. The van der Waals surface area contributed by atoms with Gasteiger partial charge in [-0.15, -0.1) is 0 Å². The molecule has 1 aromatic heterocycles. The molecule has 0 radical (unpaired) electrons. The molecule has 5 heteroatoms. The van der Waals surface area contributed by atoms with E-state index >= 15 is 0 Å². The van der Waals surface area contributed by atoms with E-state index in [0.717, 1.165) is 28.6 Å². The number of hydrogen-bond donors (Lipinski definition) is 1. The van der Waals surface area contributed by atoms with Crippen LogP contribution in [0.25, 0.3) is 6.08 Å². The third-order valence-electron chi connectivity index (χ3n) is 2.78. The molecule has 1 aliphatic rings. The molecule has 1 N–H and O–H groups in total. The number of allylic oxidation sites excluding steroid dienone is 3. The lowest BCUT2D eigenvalue weighted by molar-refractivity contribution is 0.0524. The third-order valence-corrected chi connectivity index (χ3v) is 3.28. The number of rotatable bonds is 2. The highest BCUT2D eigenvalue weighted by molar-refractivity contribution is 9.12. The molecule has 0 saturated heterocycles. The van der Waals surface area contributed by atoms with Crippen LogP contribution in [0.2, 0.25) is 0 Å². The Bertz CT molecular complexity index is 614. The van der Waals surface area contributed by atoms with Crippen LogP contribution in [0.5, 0.6) is 0 Å². The van der Waals surface area contributed by atoms with Gasteiger partial charge in [-0.05, 0) is 37.5 Å². The minimum atomic E-state index is -0.589. The number of esters is 1. The van der Waals surface area contributed by atoms with Gasteiger partial charge in [-0.1, -0.05) is 28.1 Å². The first kappa shape index (κ1) is 13.8. The second-order valence-corrected chi connectivity index (χ2v) is 5.05. The van der Waals surface area contributed by atoms with Gasteiger partial charge in [-0.25, -0.2) is 4.79 Å². The van der Waals surface area contributed by atoms with E-state index in [1.54, 1.807) is 13.0 Å². The summed E-state index contributed by atoms with van der Waals surface area (Å²) in [4.78, 5) is 26.3. The third kappa shape index (κ3) is 3.23.